The standard InChI is InChI=1S/C32H35ClFN7O2/c1-21(34)31(42)41-17-16-39(19-24(41)12-13-35)30-26-11-10-23(40-15-4-7-22-6-3-9-27(33)29(22)40)18-28(26)36-32(37-30)43-20-25-8-5-14-38(25)2/h3,6,9-11,18,24-25H,1,4-5,7-8,12,14-17,19-20H2,2H3. The summed E-state index contributed by atoms with van der Waals surface area (Å²) >= 11 is 6.69. The first-order chi connectivity index (χ1) is 20.8. The molecule has 3 aliphatic heterocycles. The van der Waals surface area contributed by atoms with Crippen molar-refractivity contribution in [3.8, 4) is 12.1 Å². The van der Waals surface area contributed by atoms with E-state index in [2.05, 4.69) is 41.6 Å². The number of likely N-dealkylation sites (N-methyl/N-ethyl adjacent to an activating group) is 1. The maximum absolute atomic E-state index is 13.8. The molecule has 0 aliphatic carbocycles. The zero-order valence-electron chi connectivity index (χ0n) is 24.3. The summed E-state index contributed by atoms with van der Waals surface area (Å²) in [7, 11) is 2.10. The maximum atomic E-state index is 13.8. The SMILES string of the molecule is C=C(F)C(=O)N1CCN(c2nc(OCC3CCCN3C)nc3cc(N4CCCc5cccc(Cl)c54)ccc23)CC1CC#N. The van der Waals surface area contributed by atoms with Crippen LogP contribution in [0.25, 0.3) is 10.9 Å². The third-order valence-electron chi connectivity index (χ3n) is 8.80. The number of fused-ring (bicyclic) bond motifs is 2. The number of piperazine rings is 1. The fraction of sp³-hybridized carbons (Fsp3) is 0.438. The Kier molecular flexibility index (Phi) is 8.37. The molecule has 0 bridgehead atoms. The minimum atomic E-state index is -1.02. The topological polar surface area (TPSA) is 88.8 Å². The van der Waals surface area contributed by atoms with Gasteiger partial charge in [-0.25, -0.2) is 4.39 Å². The summed E-state index contributed by atoms with van der Waals surface area (Å²) in [6.45, 7) is 6.50. The van der Waals surface area contributed by atoms with Crippen molar-refractivity contribution in [1.29, 1.82) is 5.26 Å². The van der Waals surface area contributed by atoms with Gasteiger partial charge >= 0.3 is 6.01 Å². The van der Waals surface area contributed by atoms with Gasteiger partial charge in [-0.15, -0.1) is 0 Å². The summed E-state index contributed by atoms with van der Waals surface area (Å²) in [5.41, 5.74) is 3.95. The van der Waals surface area contributed by atoms with Crippen LogP contribution in [0.4, 0.5) is 21.6 Å². The molecule has 1 aromatic heterocycles. The largest absolute Gasteiger partial charge is 0.462 e. The van der Waals surface area contributed by atoms with Gasteiger partial charge in [-0.1, -0.05) is 30.3 Å². The molecular weight excluding hydrogens is 569 g/mol. The Morgan fingerprint density at radius 1 is 1.16 bits per heavy atom. The monoisotopic (exact) mass is 603 g/mol. The van der Waals surface area contributed by atoms with E-state index in [0.717, 1.165) is 66.1 Å². The highest BCUT2D eigenvalue weighted by Crippen LogP contribution is 2.40. The van der Waals surface area contributed by atoms with Crippen LogP contribution in [0.1, 0.15) is 31.2 Å². The number of ether oxygens (including phenoxy) is 1. The van der Waals surface area contributed by atoms with Gasteiger partial charge in [0.2, 0.25) is 0 Å². The van der Waals surface area contributed by atoms with Crippen molar-refractivity contribution in [2.24, 2.45) is 0 Å². The van der Waals surface area contributed by atoms with Crippen LogP contribution in [0, 0.1) is 11.3 Å². The summed E-state index contributed by atoms with van der Waals surface area (Å²) in [6.07, 6.45) is 4.25. The predicted octanol–water partition coefficient (Wildman–Crippen LogP) is 5.25. The van der Waals surface area contributed by atoms with Gasteiger partial charge in [-0.2, -0.15) is 15.2 Å². The smallest absolute Gasteiger partial charge is 0.319 e. The van der Waals surface area contributed by atoms with Crippen molar-refractivity contribution < 1.29 is 13.9 Å². The number of amides is 1. The molecule has 1 amide bonds. The molecule has 0 saturated carbocycles. The van der Waals surface area contributed by atoms with Crippen LogP contribution >= 0.6 is 11.6 Å². The Bertz CT molecular complexity index is 1590. The molecule has 3 aromatic rings. The number of likely N-dealkylation sites (tertiary alicyclic amines) is 1. The molecular formula is C32H35ClFN7O2. The summed E-state index contributed by atoms with van der Waals surface area (Å²) in [5.74, 6) is -1.14. The summed E-state index contributed by atoms with van der Waals surface area (Å²) in [4.78, 5) is 30.2. The van der Waals surface area contributed by atoms with Crippen molar-refractivity contribution >= 4 is 45.6 Å². The Hall–Kier alpha value is -3.94. The van der Waals surface area contributed by atoms with Gasteiger partial charge in [0.1, 0.15) is 12.4 Å². The number of aromatic nitrogens is 2. The van der Waals surface area contributed by atoms with Gasteiger partial charge in [0.25, 0.3) is 5.91 Å². The molecule has 4 heterocycles. The second kappa shape index (κ2) is 12.3. The van der Waals surface area contributed by atoms with Crippen LogP contribution in [-0.2, 0) is 11.2 Å². The van der Waals surface area contributed by atoms with E-state index in [-0.39, 0.29) is 19.0 Å². The number of benzene rings is 2. The van der Waals surface area contributed by atoms with Crippen LogP contribution in [0.15, 0.2) is 48.8 Å². The molecule has 2 fully saturated rings. The maximum Gasteiger partial charge on any atom is 0.319 e. The van der Waals surface area contributed by atoms with Gasteiger partial charge in [0.15, 0.2) is 5.83 Å². The molecule has 6 rings (SSSR count). The number of carbonyl (C=O) groups excluding carboxylic acids is 1. The Morgan fingerprint density at radius 3 is 2.79 bits per heavy atom. The number of anilines is 3. The predicted molar refractivity (Wildman–Crippen MR) is 166 cm³/mol. The van der Waals surface area contributed by atoms with Crippen molar-refractivity contribution in [2.75, 3.05) is 56.2 Å². The minimum Gasteiger partial charge on any atom is -0.462 e. The molecule has 2 unspecified atom stereocenters. The van der Waals surface area contributed by atoms with Gasteiger partial charge in [-0.05, 0) is 69.1 Å². The molecule has 9 nitrogen and oxygen atoms in total. The van der Waals surface area contributed by atoms with Crippen molar-refractivity contribution in [3.05, 3.63) is 59.4 Å². The first-order valence-corrected chi connectivity index (χ1v) is 15.2. The molecule has 0 N–H and O–H groups in total. The molecule has 2 aromatic carbocycles. The first-order valence-electron chi connectivity index (χ1n) is 14.8. The lowest BCUT2D eigenvalue weighted by Gasteiger charge is -2.41. The third-order valence-corrected chi connectivity index (χ3v) is 9.10. The van der Waals surface area contributed by atoms with Crippen LogP contribution in [0.3, 0.4) is 0 Å². The number of nitrogens with zero attached hydrogens (tertiary/aromatic N) is 7. The average molecular weight is 604 g/mol. The summed E-state index contributed by atoms with van der Waals surface area (Å²) in [6, 6.07) is 14.4. The lowest BCUT2D eigenvalue weighted by atomic mass is 10.0. The van der Waals surface area contributed by atoms with E-state index < -0.39 is 17.8 Å². The van der Waals surface area contributed by atoms with Gasteiger partial charge in [0, 0.05) is 43.3 Å². The van der Waals surface area contributed by atoms with Crippen molar-refractivity contribution in [3.63, 3.8) is 0 Å². The van der Waals surface area contributed by atoms with Gasteiger partial charge in [-0.3, -0.25) is 4.79 Å². The number of nitriles is 1. The van der Waals surface area contributed by atoms with Crippen LogP contribution in [-0.4, -0.2) is 84.1 Å². The molecule has 43 heavy (non-hydrogen) atoms. The second-order valence-corrected chi connectivity index (χ2v) is 11.9. The van der Waals surface area contributed by atoms with Gasteiger partial charge in [0.05, 0.1) is 34.8 Å². The lowest BCUT2D eigenvalue weighted by Crippen LogP contribution is -2.55. The first kappa shape index (κ1) is 29.1. The highest BCUT2D eigenvalue weighted by atomic mass is 35.5. The van der Waals surface area contributed by atoms with E-state index in [1.54, 1.807) is 0 Å². The molecule has 0 spiro atoms. The zero-order chi connectivity index (χ0) is 30.1. The fourth-order valence-electron chi connectivity index (χ4n) is 6.53. The Morgan fingerprint density at radius 2 is 2.02 bits per heavy atom. The lowest BCUT2D eigenvalue weighted by molar-refractivity contribution is -0.131. The quantitative estimate of drug-likeness (QED) is 0.338. The number of halogens is 2. The van der Waals surface area contributed by atoms with Crippen LogP contribution in [0.5, 0.6) is 6.01 Å². The third kappa shape index (κ3) is 5.84. The number of rotatable bonds is 7. The molecule has 3 aliphatic rings. The number of aryl methyl sites for hydroxylation is 1. The van der Waals surface area contributed by atoms with E-state index in [0.29, 0.717) is 31.6 Å². The number of para-hydroxylation sites is 1. The fourth-order valence-corrected chi connectivity index (χ4v) is 6.82. The van der Waals surface area contributed by atoms with E-state index in [1.807, 2.05) is 29.2 Å². The van der Waals surface area contributed by atoms with Crippen LogP contribution < -0.4 is 14.5 Å². The minimum absolute atomic E-state index is 0.0647. The molecule has 0 radical (unpaired) electrons. The molecule has 2 saturated heterocycles. The molecule has 2 atom stereocenters. The van der Waals surface area contributed by atoms with E-state index in [1.165, 1.54) is 10.5 Å². The Balaban J connectivity index is 1.38. The normalized spacial score (nSPS) is 20.7. The second-order valence-electron chi connectivity index (χ2n) is 11.5. The van der Waals surface area contributed by atoms with Crippen LogP contribution in [0.2, 0.25) is 5.02 Å². The number of carbonyl (C=O) groups is 1. The average Bonchev–Trinajstić information content (AvgIpc) is 3.43. The van der Waals surface area contributed by atoms with Gasteiger partial charge < -0.3 is 24.3 Å². The highest BCUT2D eigenvalue weighted by Gasteiger charge is 2.33. The zero-order valence-corrected chi connectivity index (χ0v) is 25.1. The van der Waals surface area contributed by atoms with Crippen molar-refractivity contribution in [1.82, 2.24) is 19.8 Å². The molecule has 224 valence electrons. The summed E-state index contributed by atoms with van der Waals surface area (Å²) < 4.78 is 20.0. The van der Waals surface area contributed by atoms with E-state index in [9.17, 15) is 14.4 Å². The number of hydrogen-bond donors (Lipinski definition) is 0. The molecule has 11 heteroatoms. The summed E-state index contributed by atoms with van der Waals surface area (Å²) in [5, 5.41) is 11.0. The highest BCUT2D eigenvalue weighted by molar-refractivity contribution is 6.33. The number of hydrogen-bond acceptors (Lipinski definition) is 8. The van der Waals surface area contributed by atoms with Crippen molar-refractivity contribution in [2.45, 2.75) is 44.2 Å². The van der Waals surface area contributed by atoms with E-state index >= 15 is 0 Å². The van der Waals surface area contributed by atoms with E-state index in [4.69, 9.17) is 26.3 Å². The Labute approximate surface area is 256 Å².